The molecule has 7 heteroatoms. The highest BCUT2D eigenvalue weighted by Crippen LogP contribution is 2.21. The van der Waals surface area contributed by atoms with Crippen molar-refractivity contribution in [1.82, 2.24) is 10.2 Å². The molecule has 3 rings (SSSR count). The lowest BCUT2D eigenvalue weighted by Crippen LogP contribution is -2.54. The molecule has 3 aromatic carbocycles. The highest BCUT2D eigenvalue weighted by atomic mass is 35.5. The van der Waals surface area contributed by atoms with Crippen LogP contribution in [0.5, 0.6) is 0 Å². The van der Waals surface area contributed by atoms with Gasteiger partial charge in [0.1, 0.15) is 6.04 Å². The van der Waals surface area contributed by atoms with Gasteiger partial charge in [0, 0.05) is 34.3 Å². The van der Waals surface area contributed by atoms with Gasteiger partial charge in [-0.05, 0) is 61.7 Å². The molecule has 1 atom stereocenters. The molecule has 0 bridgehead atoms. The van der Waals surface area contributed by atoms with Crippen LogP contribution in [-0.2, 0) is 28.3 Å². The smallest absolute Gasteiger partial charge is 0.243 e. The van der Waals surface area contributed by atoms with Gasteiger partial charge in [0.25, 0.3) is 0 Å². The van der Waals surface area contributed by atoms with E-state index in [0.29, 0.717) is 28.8 Å². The molecule has 36 heavy (non-hydrogen) atoms. The Morgan fingerprint density at radius 2 is 1.53 bits per heavy atom. The Hall–Kier alpha value is -2.47. The minimum Gasteiger partial charge on any atom is -0.350 e. The van der Waals surface area contributed by atoms with E-state index in [1.165, 1.54) is 11.8 Å². The summed E-state index contributed by atoms with van der Waals surface area (Å²) < 4.78 is 0. The molecule has 0 aliphatic rings. The molecule has 0 aliphatic heterocycles. The van der Waals surface area contributed by atoms with E-state index in [0.717, 1.165) is 16.7 Å². The number of benzene rings is 3. The molecular formula is C29H32Cl2N2O2S. The van der Waals surface area contributed by atoms with Crippen LogP contribution in [0.25, 0.3) is 0 Å². The highest BCUT2D eigenvalue weighted by Gasteiger charge is 2.32. The fraction of sp³-hybridized carbons (Fsp3) is 0.310. The SMILES string of the molecule is CC(C)(C)NC(=O)[C@@H](Cc1ccccc1)N(Cc1ccc(Cl)cc1)C(=O)CSCc1cccc(Cl)c1. The van der Waals surface area contributed by atoms with E-state index < -0.39 is 11.6 Å². The van der Waals surface area contributed by atoms with Crippen LogP contribution in [0.1, 0.15) is 37.5 Å². The molecule has 0 aromatic heterocycles. The van der Waals surface area contributed by atoms with Crippen LogP contribution in [0.3, 0.4) is 0 Å². The fourth-order valence-electron chi connectivity index (χ4n) is 3.76. The molecule has 0 saturated heterocycles. The standard InChI is InChI=1S/C29H32Cl2N2O2S/c1-29(2,3)32-28(35)26(17-21-8-5-4-6-9-21)33(18-22-12-14-24(30)15-13-22)27(34)20-36-19-23-10-7-11-25(31)16-23/h4-16,26H,17-20H2,1-3H3,(H,32,35)/t26-/m1/s1. The number of halogens is 2. The zero-order valence-electron chi connectivity index (χ0n) is 20.8. The van der Waals surface area contributed by atoms with Gasteiger partial charge in [-0.1, -0.05) is 77.8 Å². The van der Waals surface area contributed by atoms with E-state index in [9.17, 15) is 9.59 Å². The van der Waals surface area contributed by atoms with E-state index in [4.69, 9.17) is 23.2 Å². The van der Waals surface area contributed by atoms with Crippen molar-refractivity contribution in [2.75, 3.05) is 5.75 Å². The number of nitrogens with zero attached hydrogens (tertiary/aromatic N) is 1. The summed E-state index contributed by atoms with van der Waals surface area (Å²) in [7, 11) is 0. The molecule has 4 nitrogen and oxygen atoms in total. The molecule has 190 valence electrons. The summed E-state index contributed by atoms with van der Waals surface area (Å²) in [6.45, 7) is 6.13. The van der Waals surface area contributed by atoms with Gasteiger partial charge >= 0.3 is 0 Å². The molecule has 3 aromatic rings. The first-order valence-electron chi connectivity index (χ1n) is 11.8. The maximum absolute atomic E-state index is 13.6. The van der Waals surface area contributed by atoms with Gasteiger partial charge < -0.3 is 10.2 Å². The van der Waals surface area contributed by atoms with Crippen LogP contribution < -0.4 is 5.32 Å². The highest BCUT2D eigenvalue weighted by molar-refractivity contribution is 7.99. The number of thioether (sulfide) groups is 1. The Morgan fingerprint density at radius 1 is 0.861 bits per heavy atom. The predicted octanol–water partition coefficient (Wildman–Crippen LogP) is 6.78. The molecule has 0 fully saturated rings. The summed E-state index contributed by atoms with van der Waals surface area (Å²) in [5.41, 5.74) is 2.53. The van der Waals surface area contributed by atoms with Gasteiger partial charge in [-0.25, -0.2) is 0 Å². The first-order valence-corrected chi connectivity index (χ1v) is 13.7. The van der Waals surface area contributed by atoms with Crippen molar-refractivity contribution in [2.24, 2.45) is 0 Å². The lowest BCUT2D eigenvalue weighted by Gasteiger charge is -2.34. The Kier molecular flexibility index (Phi) is 10.3. The topological polar surface area (TPSA) is 49.4 Å². The van der Waals surface area contributed by atoms with Crippen molar-refractivity contribution >= 4 is 46.8 Å². The molecular weight excluding hydrogens is 511 g/mol. The Balaban J connectivity index is 1.86. The summed E-state index contributed by atoms with van der Waals surface area (Å²) in [6, 6.07) is 24.1. The van der Waals surface area contributed by atoms with Crippen LogP contribution in [0.2, 0.25) is 10.0 Å². The van der Waals surface area contributed by atoms with E-state index >= 15 is 0 Å². The predicted molar refractivity (Wildman–Crippen MR) is 151 cm³/mol. The maximum atomic E-state index is 13.6. The van der Waals surface area contributed by atoms with Crippen molar-refractivity contribution < 1.29 is 9.59 Å². The first-order chi connectivity index (χ1) is 17.1. The van der Waals surface area contributed by atoms with E-state index in [-0.39, 0.29) is 17.6 Å². The van der Waals surface area contributed by atoms with Gasteiger partial charge in [-0.15, -0.1) is 11.8 Å². The quantitative estimate of drug-likeness (QED) is 0.307. The van der Waals surface area contributed by atoms with Crippen molar-refractivity contribution in [3.63, 3.8) is 0 Å². The summed E-state index contributed by atoms with van der Waals surface area (Å²) >= 11 is 13.7. The first kappa shape index (κ1) is 28.1. The van der Waals surface area contributed by atoms with Gasteiger partial charge in [0.2, 0.25) is 11.8 Å². The number of hydrogen-bond acceptors (Lipinski definition) is 3. The van der Waals surface area contributed by atoms with Crippen molar-refractivity contribution in [3.05, 3.63) is 106 Å². The van der Waals surface area contributed by atoms with Crippen LogP contribution in [0.4, 0.5) is 0 Å². The van der Waals surface area contributed by atoms with Crippen LogP contribution in [-0.4, -0.2) is 34.0 Å². The lowest BCUT2D eigenvalue weighted by atomic mass is 10.0. The Bertz CT molecular complexity index is 1150. The van der Waals surface area contributed by atoms with E-state index in [1.807, 2.05) is 87.5 Å². The third-order valence-electron chi connectivity index (χ3n) is 5.42. The summed E-state index contributed by atoms with van der Waals surface area (Å²) in [4.78, 5) is 28.9. The van der Waals surface area contributed by atoms with Gasteiger partial charge in [-0.2, -0.15) is 0 Å². The zero-order valence-corrected chi connectivity index (χ0v) is 23.2. The zero-order chi connectivity index (χ0) is 26.1. The van der Waals surface area contributed by atoms with Crippen LogP contribution in [0.15, 0.2) is 78.9 Å². The number of hydrogen-bond donors (Lipinski definition) is 1. The number of carbonyl (C=O) groups is 2. The van der Waals surface area contributed by atoms with Crippen LogP contribution in [0, 0.1) is 0 Å². The van der Waals surface area contributed by atoms with E-state index in [2.05, 4.69) is 5.32 Å². The molecule has 2 amide bonds. The summed E-state index contributed by atoms with van der Waals surface area (Å²) in [6.07, 6.45) is 0.418. The van der Waals surface area contributed by atoms with Gasteiger partial charge in [0.15, 0.2) is 0 Å². The molecule has 1 N–H and O–H groups in total. The monoisotopic (exact) mass is 542 g/mol. The van der Waals surface area contributed by atoms with Gasteiger partial charge in [0.05, 0.1) is 5.75 Å². The van der Waals surface area contributed by atoms with Crippen molar-refractivity contribution in [1.29, 1.82) is 0 Å². The molecule has 0 heterocycles. The fourth-order valence-corrected chi connectivity index (χ4v) is 4.96. The average molecular weight is 544 g/mol. The van der Waals surface area contributed by atoms with Crippen LogP contribution >= 0.6 is 35.0 Å². The second-order valence-electron chi connectivity index (χ2n) is 9.72. The molecule has 0 saturated carbocycles. The molecule has 0 aliphatic carbocycles. The maximum Gasteiger partial charge on any atom is 0.243 e. The third kappa shape index (κ3) is 9.20. The molecule has 0 unspecified atom stereocenters. The van der Waals surface area contributed by atoms with Crippen molar-refractivity contribution in [2.45, 2.75) is 51.1 Å². The largest absolute Gasteiger partial charge is 0.350 e. The summed E-state index contributed by atoms with van der Waals surface area (Å²) in [5.74, 6) is 0.628. The number of amides is 2. The number of nitrogens with one attached hydrogen (secondary N) is 1. The lowest BCUT2D eigenvalue weighted by molar-refractivity contribution is -0.140. The second-order valence-corrected chi connectivity index (χ2v) is 11.6. The third-order valence-corrected chi connectivity index (χ3v) is 6.89. The second kappa shape index (κ2) is 13.2. The molecule has 0 spiro atoms. The minimum atomic E-state index is -0.665. The Morgan fingerprint density at radius 3 is 2.17 bits per heavy atom. The molecule has 0 radical (unpaired) electrons. The van der Waals surface area contributed by atoms with E-state index in [1.54, 1.807) is 17.0 Å². The minimum absolute atomic E-state index is 0.0954. The number of rotatable bonds is 10. The summed E-state index contributed by atoms with van der Waals surface area (Å²) in [5, 5.41) is 4.38. The normalized spacial score (nSPS) is 12.1. The van der Waals surface area contributed by atoms with Crippen molar-refractivity contribution in [3.8, 4) is 0 Å². The Labute approximate surface area is 228 Å². The van der Waals surface area contributed by atoms with Gasteiger partial charge in [-0.3, -0.25) is 9.59 Å². The average Bonchev–Trinajstić information content (AvgIpc) is 2.82. The number of carbonyl (C=O) groups excluding carboxylic acids is 2.